The minimum absolute atomic E-state index is 0.229. The molecule has 1 aliphatic rings. The quantitative estimate of drug-likeness (QED) is 0.465. The van der Waals surface area contributed by atoms with Crippen LogP contribution in [0.25, 0.3) is 0 Å². The summed E-state index contributed by atoms with van der Waals surface area (Å²) in [5.41, 5.74) is 4.26. The van der Waals surface area contributed by atoms with Crippen LogP contribution < -0.4 is 11.1 Å². The number of halogens is 1. The number of amides is 1. The molecule has 0 aromatic heterocycles. The van der Waals surface area contributed by atoms with Crippen molar-refractivity contribution < 1.29 is 14.1 Å². The van der Waals surface area contributed by atoms with Crippen LogP contribution in [0.2, 0.25) is 0 Å². The van der Waals surface area contributed by atoms with Crippen LogP contribution in [-0.4, -0.2) is 41.9 Å². The highest BCUT2D eigenvalue weighted by Crippen LogP contribution is 2.25. The zero-order valence-corrected chi connectivity index (χ0v) is 11.6. The summed E-state index contributed by atoms with van der Waals surface area (Å²) in [7, 11) is 1.96. The van der Waals surface area contributed by atoms with Crippen molar-refractivity contribution in [3.63, 3.8) is 0 Å². The van der Waals surface area contributed by atoms with Crippen LogP contribution >= 0.6 is 0 Å². The Kier molecular flexibility index (Phi) is 4.37. The maximum Gasteiger partial charge on any atom is 0.285 e. The number of nitrogens with zero attached hydrogens (tertiary/aromatic N) is 2. The van der Waals surface area contributed by atoms with E-state index in [0.717, 1.165) is 18.9 Å². The molecular weight excluding hydrogens is 279 g/mol. The van der Waals surface area contributed by atoms with Gasteiger partial charge in [-0.3, -0.25) is 14.9 Å². The Morgan fingerprint density at radius 1 is 1.57 bits per heavy atom. The summed E-state index contributed by atoms with van der Waals surface area (Å²) in [6, 6.07) is 2.23. The number of nitro groups is 1. The van der Waals surface area contributed by atoms with E-state index in [1.165, 1.54) is 0 Å². The fourth-order valence-corrected chi connectivity index (χ4v) is 2.05. The molecule has 0 heterocycles. The summed E-state index contributed by atoms with van der Waals surface area (Å²) in [5.74, 6) is -1.54. The van der Waals surface area contributed by atoms with Crippen molar-refractivity contribution in [2.75, 3.05) is 25.9 Å². The van der Waals surface area contributed by atoms with Crippen molar-refractivity contribution in [1.29, 1.82) is 0 Å². The molecule has 1 aliphatic carbocycles. The monoisotopic (exact) mass is 296 g/mol. The van der Waals surface area contributed by atoms with Crippen LogP contribution in [0.4, 0.5) is 15.8 Å². The third kappa shape index (κ3) is 3.66. The average molecular weight is 296 g/mol. The number of nitro benzene ring substituents is 1. The highest BCUT2D eigenvalue weighted by molar-refractivity contribution is 5.99. The molecule has 0 saturated heterocycles. The lowest BCUT2D eigenvalue weighted by Gasteiger charge is -2.15. The van der Waals surface area contributed by atoms with E-state index in [9.17, 15) is 19.3 Å². The number of anilines is 1. The van der Waals surface area contributed by atoms with Gasteiger partial charge in [0.25, 0.3) is 11.6 Å². The number of hydrogen-bond acceptors (Lipinski definition) is 5. The summed E-state index contributed by atoms with van der Waals surface area (Å²) in [6.45, 7) is 1.02. The minimum atomic E-state index is -0.910. The molecule has 0 atom stereocenters. The van der Waals surface area contributed by atoms with Crippen LogP contribution in [0, 0.1) is 15.9 Å². The average Bonchev–Trinajstić information content (AvgIpc) is 3.25. The molecule has 1 saturated carbocycles. The lowest BCUT2D eigenvalue weighted by atomic mass is 10.1. The first-order valence-corrected chi connectivity index (χ1v) is 6.62. The van der Waals surface area contributed by atoms with Gasteiger partial charge in [-0.15, -0.1) is 0 Å². The topological polar surface area (TPSA) is 102 Å². The summed E-state index contributed by atoms with van der Waals surface area (Å²) in [4.78, 5) is 24.2. The number of rotatable bonds is 6. The van der Waals surface area contributed by atoms with E-state index < -0.39 is 22.3 Å². The molecule has 0 unspecified atom stereocenters. The van der Waals surface area contributed by atoms with Crippen LogP contribution in [-0.2, 0) is 0 Å². The summed E-state index contributed by atoms with van der Waals surface area (Å²) >= 11 is 0. The molecule has 1 amide bonds. The predicted octanol–water partition coefficient (Wildman–Crippen LogP) is 1.14. The normalized spacial score (nSPS) is 14.2. The Hall–Kier alpha value is -2.22. The van der Waals surface area contributed by atoms with Crippen molar-refractivity contribution in [2.45, 2.75) is 18.9 Å². The van der Waals surface area contributed by atoms with E-state index >= 15 is 0 Å². The SMILES string of the molecule is CN(CCNC(=O)c1cc(N)c(F)cc1[N+](=O)[O-])C1CC1. The largest absolute Gasteiger partial charge is 0.396 e. The van der Waals surface area contributed by atoms with Gasteiger partial charge in [0.15, 0.2) is 5.82 Å². The van der Waals surface area contributed by atoms with Crippen LogP contribution in [0.15, 0.2) is 12.1 Å². The number of carbonyl (C=O) groups excluding carboxylic acids is 1. The zero-order valence-electron chi connectivity index (χ0n) is 11.6. The molecule has 1 aromatic rings. The van der Waals surface area contributed by atoms with E-state index in [2.05, 4.69) is 10.2 Å². The fourth-order valence-electron chi connectivity index (χ4n) is 2.05. The molecule has 2 rings (SSSR count). The molecule has 0 bridgehead atoms. The number of nitrogen functional groups attached to an aromatic ring is 1. The first-order chi connectivity index (χ1) is 9.90. The molecule has 114 valence electrons. The molecule has 8 heteroatoms. The molecular formula is C13H17FN4O3. The number of carbonyl (C=O) groups is 1. The van der Waals surface area contributed by atoms with E-state index in [-0.39, 0.29) is 11.3 Å². The van der Waals surface area contributed by atoms with Gasteiger partial charge in [-0.1, -0.05) is 0 Å². The first kappa shape index (κ1) is 15.2. The molecule has 21 heavy (non-hydrogen) atoms. The molecule has 0 radical (unpaired) electrons. The van der Waals surface area contributed by atoms with Crippen LogP contribution in [0.1, 0.15) is 23.2 Å². The maximum atomic E-state index is 13.3. The summed E-state index contributed by atoms with van der Waals surface area (Å²) in [5, 5.41) is 13.5. The third-order valence-electron chi connectivity index (χ3n) is 3.48. The summed E-state index contributed by atoms with van der Waals surface area (Å²) in [6.07, 6.45) is 2.31. The van der Waals surface area contributed by atoms with Gasteiger partial charge in [-0.05, 0) is 26.0 Å². The Bertz CT molecular complexity index is 575. The zero-order chi connectivity index (χ0) is 15.6. The number of likely N-dealkylation sites (N-methyl/N-ethyl adjacent to an activating group) is 1. The van der Waals surface area contributed by atoms with Crippen LogP contribution in [0.5, 0.6) is 0 Å². The van der Waals surface area contributed by atoms with Crippen molar-refractivity contribution in [1.82, 2.24) is 10.2 Å². The third-order valence-corrected chi connectivity index (χ3v) is 3.48. The second-order valence-electron chi connectivity index (χ2n) is 5.12. The van der Waals surface area contributed by atoms with E-state index in [4.69, 9.17) is 5.73 Å². The van der Waals surface area contributed by atoms with E-state index in [1.807, 2.05) is 7.05 Å². The van der Waals surface area contributed by atoms with Gasteiger partial charge in [0, 0.05) is 19.1 Å². The molecule has 0 aliphatic heterocycles. The van der Waals surface area contributed by atoms with E-state index in [0.29, 0.717) is 25.2 Å². The van der Waals surface area contributed by atoms with E-state index in [1.54, 1.807) is 0 Å². The summed E-state index contributed by atoms with van der Waals surface area (Å²) < 4.78 is 13.3. The maximum absolute atomic E-state index is 13.3. The molecule has 0 spiro atoms. The Labute approximate surface area is 121 Å². The van der Waals surface area contributed by atoms with Crippen molar-refractivity contribution in [3.05, 3.63) is 33.6 Å². The Morgan fingerprint density at radius 3 is 2.81 bits per heavy atom. The smallest absolute Gasteiger partial charge is 0.285 e. The Balaban J connectivity index is 2.03. The second kappa shape index (κ2) is 6.04. The van der Waals surface area contributed by atoms with Crippen molar-refractivity contribution >= 4 is 17.3 Å². The standard InChI is InChI=1S/C13H17FN4O3/c1-17(8-2-3-8)5-4-16-13(19)9-6-11(15)10(14)7-12(9)18(20)21/h6-8H,2-5,15H2,1H3,(H,16,19). The number of nitrogens with two attached hydrogens (primary N) is 1. The predicted molar refractivity (Wildman–Crippen MR) is 75.5 cm³/mol. The van der Waals surface area contributed by atoms with Crippen molar-refractivity contribution in [2.24, 2.45) is 0 Å². The molecule has 1 fully saturated rings. The van der Waals surface area contributed by atoms with Crippen molar-refractivity contribution in [3.8, 4) is 0 Å². The Morgan fingerprint density at radius 2 is 2.24 bits per heavy atom. The van der Waals surface area contributed by atoms with Gasteiger partial charge in [0.05, 0.1) is 16.7 Å². The van der Waals surface area contributed by atoms with Gasteiger partial charge in [-0.25, -0.2) is 4.39 Å². The fraction of sp³-hybridized carbons (Fsp3) is 0.462. The highest BCUT2D eigenvalue weighted by atomic mass is 19.1. The minimum Gasteiger partial charge on any atom is -0.396 e. The lowest BCUT2D eigenvalue weighted by molar-refractivity contribution is -0.385. The van der Waals surface area contributed by atoms with Gasteiger partial charge in [-0.2, -0.15) is 0 Å². The first-order valence-electron chi connectivity index (χ1n) is 6.62. The molecule has 3 N–H and O–H groups in total. The second-order valence-corrected chi connectivity index (χ2v) is 5.12. The number of nitrogens with one attached hydrogen (secondary N) is 1. The van der Waals surface area contributed by atoms with Gasteiger partial charge >= 0.3 is 0 Å². The molecule has 7 nitrogen and oxygen atoms in total. The van der Waals surface area contributed by atoms with Gasteiger partial charge in [0.1, 0.15) is 5.56 Å². The van der Waals surface area contributed by atoms with Gasteiger partial charge in [0.2, 0.25) is 0 Å². The number of hydrogen-bond donors (Lipinski definition) is 2. The van der Waals surface area contributed by atoms with Gasteiger partial charge < -0.3 is 16.0 Å². The number of benzene rings is 1. The molecule has 1 aromatic carbocycles. The van der Waals surface area contributed by atoms with Crippen LogP contribution in [0.3, 0.4) is 0 Å². The lowest BCUT2D eigenvalue weighted by Crippen LogP contribution is -2.34. The highest BCUT2D eigenvalue weighted by Gasteiger charge is 2.26.